The molecule has 2 aliphatic heterocycles. The Bertz CT molecular complexity index is 1010. The summed E-state index contributed by atoms with van der Waals surface area (Å²) in [5, 5.41) is 20.4. The van der Waals surface area contributed by atoms with Gasteiger partial charge in [0.15, 0.2) is 11.2 Å². The van der Waals surface area contributed by atoms with E-state index in [9.17, 15) is 15.3 Å². The van der Waals surface area contributed by atoms with Crippen LogP contribution in [-0.2, 0) is 4.79 Å². The van der Waals surface area contributed by atoms with E-state index in [1.807, 2.05) is 65.7 Å². The van der Waals surface area contributed by atoms with Crippen molar-refractivity contribution < 1.29 is 4.79 Å². The molecule has 0 spiro atoms. The van der Waals surface area contributed by atoms with Crippen LogP contribution in [0, 0.1) is 28.1 Å². The summed E-state index contributed by atoms with van der Waals surface area (Å²) < 4.78 is 0.908. The molecule has 2 aromatic rings. The SMILES string of the molecule is CC(=O)C1C(c2ccc(Br)cc2)C(C#N)(C#N)C2c3ccccc3C=CN12. The molecule has 2 aromatic carbocycles. The lowest BCUT2D eigenvalue weighted by Crippen LogP contribution is -2.36. The molecule has 1 fully saturated rings. The number of rotatable bonds is 2. The van der Waals surface area contributed by atoms with Crippen LogP contribution in [0.1, 0.15) is 35.6 Å². The van der Waals surface area contributed by atoms with Crippen LogP contribution in [0.25, 0.3) is 6.08 Å². The second-order valence-corrected chi connectivity index (χ2v) is 7.89. The highest BCUT2D eigenvalue weighted by atomic mass is 79.9. The molecule has 27 heavy (non-hydrogen) atoms. The fourth-order valence-corrected chi connectivity index (χ4v) is 4.76. The van der Waals surface area contributed by atoms with Crippen LogP contribution in [0.5, 0.6) is 0 Å². The molecule has 0 aromatic heterocycles. The largest absolute Gasteiger partial charge is 0.357 e. The maximum atomic E-state index is 12.7. The third-order valence-electron chi connectivity index (χ3n) is 5.59. The molecule has 0 N–H and O–H groups in total. The van der Waals surface area contributed by atoms with Crippen molar-refractivity contribution in [2.75, 3.05) is 0 Å². The van der Waals surface area contributed by atoms with E-state index < -0.39 is 23.4 Å². The number of halogens is 1. The zero-order chi connectivity index (χ0) is 19.2. The number of Topliss-reactive ketones (excluding diaryl/α,β-unsaturated/α-hetero) is 1. The van der Waals surface area contributed by atoms with Crippen molar-refractivity contribution in [3.63, 3.8) is 0 Å². The van der Waals surface area contributed by atoms with Crippen molar-refractivity contribution in [2.24, 2.45) is 5.41 Å². The monoisotopic (exact) mass is 417 g/mol. The van der Waals surface area contributed by atoms with Crippen LogP contribution >= 0.6 is 15.9 Å². The Morgan fingerprint density at radius 1 is 1.11 bits per heavy atom. The van der Waals surface area contributed by atoms with E-state index in [2.05, 4.69) is 28.1 Å². The lowest BCUT2D eigenvalue weighted by atomic mass is 9.68. The average molecular weight is 418 g/mol. The van der Waals surface area contributed by atoms with Gasteiger partial charge in [0.2, 0.25) is 0 Å². The summed E-state index contributed by atoms with van der Waals surface area (Å²) in [4.78, 5) is 14.6. The zero-order valence-electron chi connectivity index (χ0n) is 14.6. The summed E-state index contributed by atoms with van der Waals surface area (Å²) in [5.41, 5.74) is 1.34. The topological polar surface area (TPSA) is 67.9 Å². The summed E-state index contributed by atoms with van der Waals surface area (Å²) in [6.07, 6.45) is 3.81. The van der Waals surface area contributed by atoms with Gasteiger partial charge in [-0.05, 0) is 41.8 Å². The van der Waals surface area contributed by atoms with E-state index >= 15 is 0 Å². The van der Waals surface area contributed by atoms with Gasteiger partial charge >= 0.3 is 0 Å². The average Bonchev–Trinajstić information content (AvgIpc) is 3.00. The second kappa shape index (κ2) is 6.37. The van der Waals surface area contributed by atoms with Crippen molar-refractivity contribution in [3.8, 4) is 12.1 Å². The third-order valence-corrected chi connectivity index (χ3v) is 6.12. The van der Waals surface area contributed by atoms with Gasteiger partial charge in [-0.2, -0.15) is 10.5 Å². The number of benzene rings is 2. The van der Waals surface area contributed by atoms with E-state index in [4.69, 9.17) is 0 Å². The Balaban J connectivity index is 2.00. The van der Waals surface area contributed by atoms with Gasteiger partial charge in [-0.1, -0.05) is 52.3 Å². The van der Waals surface area contributed by atoms with Crippen LogP contribution < -0.4 is 0 Å². The predicted molar refractivity (Wildman–Crippen MR) is 105 cm³/mol. The Hall–Kier alpha value is -2.89. The summed E-state index contributed by atoms with van der Waals surface area (Å²) in [6.45, 7) is 1.53. The van der Waals surface area contributed by atoms with Crippen molar-refractivity contribution in [2.45, 2.75) is 24.9 Å². The molecule has 5 heteroatoms. The third kappa shape index (κ3) is 2.43. The molecular weight excluding hydrogens is 402 g/mol. The highest BCUT2D eigenvalue weighted by molar-refractivity contribution is 9.10. The van der Waals surface area contributed by atoms with Gasteiger partial charge in [0.1, 0.15) is 0 Å². The van der Waals surface area contributed by atoms with Gasteiger partial charge in [-0.25, -0.2) is 0 Å². The molecular formula is C22H16BrN3O. The van der Waals surface area contributed by atoms with Crippen LogP contribution in [0.4, 0.5) is 0 Å². The predicted octanol–water partition coefficient (Wildman–Crippen LogP) is 4.57. The fraction of sp³-hybridized carbons (Fsp3) is 0.227. The maximum Gasteiger partial charge on any atom is 0.177 e. The summed E-state index contributed by atoms with van der Waals surface area (Å²) >= 11 is 3.42. The number of hydrogen-bond donors (Lipinski definition) is 0. The Labute approximate surface area is 166 Å². The van der Waals surface area contributed by atoms with Crippen LogP contribution in [0.15, 0.2) is 59.2 Å². The first-order valence-electron chi connectivity index (χ1n) is 8.66. The number of carbonyl (C=O) groups excluding carboxylic acids is 1. The highest BCUT2D eigenvalue weighted by Gasteiger charge is 2.63. The lowest BCUT2D eigenvalue weighted by Gasteiger charge is -2.34. The minimum absolute atomic E-state index is 0.0516. The normalized spacial score (nSPS) is 24.4. The number of nitrogens with zero attached hydrogens (tertiary/aromatic N) is 3. The van der Waals surface area contributed by atoms with Gasteiger partial charge in [-0.15, -0.1) is 0 Å². The second-order valence-electron chi connectivity index (χ2n) is 6.97. The molecule has 0 amide bonds. The molecule has 0 bridgehead atoms. The quantitative estimate of drug-likeness (QED) is 0.717. The van der Waals surface area contributed by atoms with E-state index in [0.717, 1.165) is 21.2 Å². The lowest BCUT2D eigenvalue weighted by molar-refractivity contribution is -0.121. The van der Waals surface area contributed by atoms with Crippen molar-refractivity contribution in [3.05, 3.63) is 75.9 Å². The number of carbonyl (C=O) groups is 1. The Morgan fingerprint density at radius 2 is 1.78 bits per heavy atom. The van der Waals surface area contributed by atoms with Gasteiger partial charge in [-0.3, -0.25) is 4.79 Å². The molecule has 1 saturated heterocycles. The zero-order valence-corrected chi connectivity index (χ0v) is 16.2. The molecule has 0 radical (unpaired) electrons. The number of nitriles is 2. The van der Waals surface area contributed by atoms with E-state index in [-0.39, 0.29) is 5.78 Å². The maximum absolute atomic E-state index is 12.7. The van der Waals surface area contributed by atoms with E-state index in [0.29, 0.717) is 0 Å². The number of hydrogen-bond acceptors (Lipinski definition) is 4. The minimum Gasteiger partial charge on any atom is -0.357 e. The molecule has 2 aliphatic rings. The molecule has 3 atom stereocenters. The summed E-state index contributed by atoms with van der Waals surface area (Å²) in [6, 6.07) is 18.9. The van der Waals surface area contributed by atoms with Gasteiger partial charge in [0, 0.05) is 16.6 Å². The standard InChI is InChI=1S/C22H16BrN3O/c1-14(27)20-19(16-6-8-17(23)9-7-16)22(12-24,13-25)21-18-5-3-2-4-15(18)10-11-26(20)21/h2-11,19-21H,1H3. The van der Waals surface area contributed by atoms with Crippen molar-refractivity contribution in [1.82, 2.24) is 4.90 Å². The van der Waals surface area contributed by atoms with E-state index in [1.165, 1.54) is 6.92 Å². The molecule has 3 unspecified atom stereocenters. The van der Waals surface area contributed by atoms with Crippen LogP contribution in [0.3, 0.4) is 0 Å². The molecule has 132 valence electrons. The van der Waals surface area contributed by atoms with Crippen LogP contribution in [0.2, 0.25) is 0 Å². The highest BCUT2D eigenvalue weighted by Crippen LogP contribution is 2.59. The summed E-state index contributed by atoms with van der Waals surface area (Å²) in [7, 11) is 0. The van der Waals surface area contributed by atoms with Gasteiger partial charge < -0.3 is 4.90 Å². The van der Waals surface area contributed by atoms with Crippen molar-refractivity contribution >= 4 is 27.8 Å². The van der Waals surface area contributed by atoms with Gasteiger partial charge in [0.25, 0.3) is 0 Å². The Morgan fingerprint density at radius 3 is 2.41 bits per heavy atom. The van der Waals surface area contributed by atoms with E-state index in [1.54, 1.807) is 0 Å². The number of fused-ring (bicyclic) bond motifs is 3. The summed E-state index contributed by atoms with van der Waals surface area (Å²) in [5.74, 6) is -0.594. The fourth-order valence-electron chi connectivity index (χ4n) is 4.50. The molecule has 4 nitrogen and oxygen atoms in total. The minimum atomic E-state index is -1.37. The first-order chi connectivity index (χ1) is 13.0. The van der Waals surface area contributed by atoms with Gasteiger partial charge in [0.05, 0.1) is 24.2 Å². The smallest absolute Gasteiger partial charge is 0.177 e. The molecule has 0 saturated carbocycles. The van der Waals surface area contributed by atoms with Crippen LogP contribution in [-0.4, -0.2) is 16.7 Å². The molecule has 4 rings (SSSR count). The first-order valence-corrected chi connectivity index (χ1v) is 9.46. The van der Waals surface area contributed by atoms with Crippen molar-refractivity contribution in [1.29, 1.82) is 10.5 Å². The number of ketones is 1. The molecule has 0 aliphatic carbocycles. The Kier molecular flexibility index (Phi) is 4.13. The first kappa shape index (κ1) is 17.5. The molecule has 2 heterocycles.